The van der Waals surface area contributed by atoms with Crippen molar-refractivity contribution in [3.05, 3.63) is 35.6 Å². The SMILES string of the molecule is CCc1c(C(C)NCCCCN)oc2ccccc12. The van der Waals surface area contributed by atoms with Crippen molar-refractivity contribution in [3.8, 4) is 0 Å². The number of benzene rings is 1. The maximum Gasteiger partial charge on any atom is 0.134 e. The van der Waals surface area contributed by atoms with Gasteiger partial charge in [0.1, 0.15) is 11.3 Å². The summed E-state index contributed by atoms with van der Waals surface area (Å²) in [7, 11) is 0. The van der Waals surface area contributed by atoms with E-state index < -0.39 is 0 Å². The van der Waals surface area contributed by atoms with Gasteiger partial charge in [-0.05, 0) is 45.3 Å². The highest BCUT2D eigenvalue weighted by atomic mass is 16.3. The van der Waals surface area contributed by atoms with Gasteiger partial charge in [-0.25, -0.2) is 0 Å². The number of unbranched alkanes of at least 4 members (excludes halogenated alkanes) is 1. The lowest BCUT2D eigenvalue weighted by molar-refractivity contribution is 0.442. The molecule has 0 amide bonds. The van der Waals surface area contributed by atoms with Crippen LogP contribution in [0.15, 0.2) is 28.7 Å². The molecule has 0 spiro atoms. The first-order valence-electron chi connectivity index (χ1n) is 7.21. The molecule has 1 unspecified atom stereocenters. The van der Waals surface area contributed by atoms with Gasteiger partial charge in [0.05, 0.1) is 6.04 Å². The van der Waals surface area contributed by atoms with Crippen molar-refractivity contribution in [2.75, 3.05) is 13.1 Å². The smallest absolute Gasteiger partial charge is 0.134 e. The van der Waals surface area contributed by atoms with Crippen LogP contribution in [-0.4, -0.2) is 13.1 Å². The molecule has 0 radical (unpaired) electrons. The fourth-order valence-electron chi connectivity index (χ4n) is 2.51. The average molecular weight is 260 g/mol. The van der Waals surface area contributed by atoms with Crippen LogP contribution in [0.2, 0.25) is 0 Å². The summed E-state index contributed by atoms with van der Waals surface area (Å²) in [5, 5.41) is 4.77. The van der Waals surface area contributed by atoms with Crippen molar-refractivity contribution in [2.24, 2.45) is 5.73 Å². The molecule has 1 aromatic carbocycles. The Hall–Kier alpha value is -1.32. The van der Waals surface area contributed by atoms with Gasteiger partial charge in [-0.3, -0.25) is 0 Å². The van der Waals surface area contributed by atoms with Gasteiger partial charge >= 0.3 is 0 Å². The van der Waals surface area contributed by atoms with Gasteiger partial charge in [-0.15, -0.1) is 0 Å². The summed E-state index contributed by atoms with van der Waals surface area (Å²) >= 11 is 0. The molecule has 1 atom stereocenters. The zero-order valence-corrected chi connectivity index (χ0v) is 11.9. The van der Waals surface area contributed by atoms with E-state index >= 15 is 0 Å². The summed E-state index contributed by atoms with van der Waals surface area (Å²) < 4.78 is 6.02. The Morgan fingerprint density at radius 3 is 2.79 bits per heavy atom. The zero-order chi connectivity index (χ0) is 13.7. The van der Waals surface area contributed by atoms with E-state index in [-0.39, 0.29) is 6.04 Å². The largest absolute Gasteiger partial charge is 0.459 e. The number of hydrogen-bond donors (Lipinski definition) is 2. The third-order valence-electron chi connectivity index (χ3n) is 3.56. The molecule has 3 nitrogen and oxygen atoms in total. The standard InChI is InChI=1S/C16H24N2O/c1-3-13-14-8-4-5-9-15(14)19-16(13)12(2)18-11-7-6-10-17/h4-5,8-9,12,18H,3,6-7,10-11,17H2,1-2H3. The molecule has 0 fully saturated rings. The fraction of sp³-hybridized carbons (Fsp3) is 0.500. The zero-order valence-electron chi connectivity index (χ0n) is 11.9. The summed E-state index contributed by atoms with van der Waals surface area (Å²) in [5.41, 5.74) is 7.83. The topological polar surface area (TPSA) is 51.2 Å². The van der Waals surface area contributed by atoms with Crippen LogP contribution in [0.5, 0.6) is 0 Å². The van der Waals surface area contributed by atoms with Gasteiger partial charge in [0.25, 0.3) is 0 Å². The molecule has 0 aliphatic heterocycles. The van der Waals surface area contributed by atoms with E-state index in [1.165, 1.54) is 10.9 Å². The molecule has 0 bridgehead atoms. The maximum absolute atomic E-state index is 6.02. The lowest BCUT2D eigenvalue weighted by Gasteiger charge is -2.12. The van der Waals surface area contributed by atoms with Gasteiger partial charge in [-0.2, -0.15) is 0 Å². The van der Waals surface area contributed by atoms with Crippen LogP contribution in [0.3, 0.4) is 0 Å². The molecule has 0 aliphatic carbocycles. The number of nitrogens with one attached hydrogen (secondary N) is 1. The first kappa shape index (κ1) is 14.1. The summed E-state index contributed by atoms with van der Waals surface area (Å²) in [4.78, 5) is 0. The molecule has 0 saturated heterocycles. The Bertz CT molecular complexity index is 518. The molecule has 3 heteroatoms. The van der Waals surface area contributed by atoms with Crippen LogP contribution in [0, 0.1) is 0 Å². The van der Waals surface area contributed by atoms with Crippen LogP contribution >= 0.6 is 0 Å². The molecule has 1 heterocycles. The summed E-state index contributed by atoms with van der Waals surface area (Å²) in [5.74, 6) is 1.08. The molecule has 3 N–H and O–H groups in total. The van der Waals surface area contributed by atoms with E-state index in [1.807, 2.05) is 12.1 Å². The Kier molecular flexibility index (Phi) is 5.00. The van der Waals surface area contributed by atoms with Crippen molar-refractivity contribution in [3.63, 3.8) is 0 Å². The predicted molar refractivity (Wildman–Crippen MR) is 80.3 cm³/mol. The normalized spacial score (nSPS) is 13.0. The van der Waals surface area contributed by atoms with E-state index in [0.717, 1.165) is 43.7 Å². The molecule has 2 aromatic rings. The number of rotatable bonds is 7. The molecule has 1 aromatic heterocycles. The summed E-state index contributed by atoms with van der Waals surface area (Å²) in [6.07, 6.45) is 3.18. The first-order chi connectivity index (χ1) is 9.27. The molecule has 2 rings (SSSR count). The van der Waals surface area contributed by atoms with Gasteiger partial charge in [0.2, 0.25) is 0 Å². The van der Waals surface area contributed by atoms with Crippen LogP contribution in [0.25, 0.3) is 11.0 Å². The molecule has 0 saturated carbocycles. The minimum Gasteiger partial charge on any atom is -0.459 e. The van der Waals surface area contributed by atoms with Crippen LogP contribution < -0.4 is 11.1 Å². The van der Waals surface area contributed by atoms with E-state index in [2.05, 4.69) is 31.3 Å². The lowest BCUT2D eigenvalue weighted by atomic mass is 10.0. The summed E-state index contributed by atoms with van der Waals surface area (Å²) in [6, 6.07) is 8.52. The maximum atomic E-state index is 6.02. The number of fused-ring (bicyclic) bond motifs is 1. The average Bonchev–Trinajstić information content (AvgIpc) is 2.82. The lowest BCUT2D eigenvalue weighted by Crippen LogP contribution is -2.21. The highest BCUT2D eigenvalue weighted by molar-refractivity contribution is 5.82. The fourth-order valence-corrected chi connectivity index (χ4v) is 2.51. The molecule has 104 valence electrons. The second kappa shape index (κ2) is 6.73. The highest BCUT2D eigenvalue weighted by Crippen LogP contribution is 2.30. The van der Waals surface area contributed by atoms with E-state index in [9.17, 15) is 0 Å². The van der Waals surface area contributed by atoms with Gasteiger partial charge in [0.15, 0.2) is 0 Å². The Morgan fingerprint density at radius 1 is 1.26 bits per heavy atom. The summed E-state index contributed by atoms with van der Waals surface area (Å²) in [6.45, 7) is 6.10. The van der Waals surface area contributed by atoms with Gasteiger partial charge in [0, 0.05) is 10.9 Å². The van der Waals surface area contributed by atoms with Gasteiger partial charge < -0.3 is 15.5 Å². The van der Waals surface area contributed by atoms with Gasteiger partial charge in [-0.1, -0.05) is 25.1 Å². The first-order valence-corrected chi connectivity index (χ1v) is 7.21. The molecular formula is C16H24N2O. The monoisotopic (exact) mass is 260 g/mol. The highest BCUT2D eigenvalue weighted by Gasteiger charge is 2.17. The van der Waals surface area contributed by atoms with Crippen molar-refractivity contribution < 1.29 is 4.42 Å². The number of aryl methyl sites for hydroxylation is 1. The van der Waals surface area contributed by atoms with E-state index in [1.54, 1.807) is 0 Å². The third-order valence-corrected chi connectivity index (χ3v) is 3.56. The number of hydrogen-bond acceptors (Lipinski definition) is 3. The van der Waals surface area contributed by atoms with Crippen LogP contribution in [0.4, 0.5) is 0 Å². The minimum absolute atomic E-state index is 0.250. The second-order valence-electron chi connectivity index (χ2n) is 4.97. The van der Waals surface area contributed by atoms with Crippen LogP contribution in [0.1, 0.15) is 44.1 Å². The minimum atomic E-state index is 0.250. The second-order valence-corrected chi connectivity index (χ2v) is 4.97. The van der Waals surface area contributed by atoms with Crippen molar-refractivity contribution in [1.82, 2.24) is 5.32 Å². The van der Waals surface area contributed by atoms with Crippen molar-refractivity contribution in [2.45, 2.75) is 39.2 Å². The number of nitrogens with two attached hydrogens (primary N) is 1. The molecular weight excluding hydrogens is 236 g/mol. The predicted octanol–water partition coefficient (Wildman–Crippen LogP) is 3.38. The molecule has 0 aliphatic rings. The van der Waals surface area contributed by atoms with E-state index in [0.29, 0.717) is 0 Å². The Labute approximate surface area is 115 Å². The Morgan fingerprint density at radius 2 is 2.05 bits per heavy atom. The Balaban J connectivity index is 2.14. The number of furan rings is 1. The van der Waals surface area contributed by atoms with Crippen molar-refractivity contribution in [1.29, 1.82) is 0 Å². The molecule has 19 heavy (non-hydrogen) atoms. The number of para-hydroxylation sites is 1. The quantitative estimate of drug-likeness (QED) is 0.750. The third kappa shape index (κ3) is 3.17. The van der Waals surface area contributed by atoms with Crippen molar-refractivity contribution >= 4 is 11.0 Å². The van der Waals surface area contributed by atoms with Crippen LogP contribution in [-0.2, 0) is 6.42 Å². The van der Waals surface area contributed by atoms with E-state index in [4.69, 9.17) is 10.2 Å².